The van der Waals surface area contributed by atoms with Gasteiger partial charge in [0.15, 0.2) is 0 Å². The maximum Gasteiger partial charge on any atom is 0.314 e. The summed E-state index contributed by atoms with van der Waals surface area (Å²) in [4.78, 5) is 10.4. The molecule has 0 aliphatic carbocycles. The van der Waals surface area contributed by atoms with Crippen molar-refractivity contribution in [2.75, 3.05) is 13.2 Å². The van der Waals surface area contributed by atoms with Gasteiger partial charge in [-0.3, -0.25) is 4.79 Å². The molecule has 0 saturated carbocycles. The molecule has 0 saturated heterocycles. The number of carbonyl (C=O) groups is 1. The average molecular weight is 245 g/mol. The number of carboxylic acids is 1. The lowest BCUT2D eigenvalue weighted by Crippen LogP contribution is -2.37. The molecule has 1 aromatic rings. The molecule has 0 aliphatic rings. The summed E-state index contributed by atoms with van der Waals surface area (Å²) in [5.74, 6) is -0.319. The van der Waals surface area contributed by atoms with Gasteiger partial charge < -0.3 is 25.5 Å². The summed E-state index contributed by atoms with van der Waals surface area (Å²) in [5, 5.41) is 25.7. The van der Waals surface area contributed by atoms with Gasteiger partial charge in [-0.05, 0) is 18.6 Å². The SMILES string of the molecule is CCC(CO)(CO)C(=O)O.NCc1ccco1. The van der Waals surface area contributed by atoms with Gasteiger partial charge >= 0.3 is 5.97 Å². The van der Waals surface area contributed by atoms with E-state index in [-0.39, 0.29) is 6.42 Å². The molecule has 5 N–H and O–H groups in total. The van der Waals surface area contributed by atoms with E-state index in [4.69, 9.17) is 25.5 Å². The number of aliphatic carboxylic acids is 1. The van der Waals surface area contributed by atoms with Gasteiger partial charge in [0, 0.05) is 0 Å². The smallest absolute Gasteiger partial charge is 0.314 e. The third kappa shape index (κ3) is 4.56. The predicted molar refractivity (Wildman–Crippen MR) is 61.1 cm³/mol. The zero-order valence-electron chi connectivity index (χ0n) is 9.80. The number of furan rings is 1. The standard InChI is InChI=1S/C6H12O4.C5H7NO/c1-2-6(3-7,4-8)5(9)10;6-4-5-2-1-3-7-5/h7-8H,2-4H2,1H3,(H,9,10);1-3H,4,6H2. The van der Waals surface area contributed by atoms with Crippen LogP contribution in [0.4, 0.5) is 0 Å². The normalized spacial score (nSPS) is 10.6. The zero-order chi connectivity index (χ0) is 13.3. The Morgan fingerprint density at radius 2 is 2.06 bits per heavy atom. The van der Waals surface area contributed by atoms with Crippen LogP contribution in [0, 0.1) is 5.41 Å². The summed E-state index contributed by atoms with van der Waals surface area (Å²) >= 11 is 0. The summed E-state index contributed by atoms with van der Waals surface area (Å²) in [7, 11) is 0. The average Bonchev–Trinajstić information content (AvgIpc) is 2.85. The van der Waals surface area contributed by atoms with Crippen LogP contribution in [0.5, 0.6) is 0 Å². The number of hydrogen-bond acceptors (Lipinski definition) is 5. The summed E-state index contributed by atoms with van der Waals surface area (Å²) in [6, 6.07) is 3.67. The van der Waals surface area contributed by atoms with Crippen LogP contribution in [0.2, 0.25) is 0 Å². The maximum absolute atomic E-state index is 10.4. The molecular weight excluding hydrogens is 226 g/mol. The van der Waals surface area contributed by atoms with Crippen LogP contribution in [0.25, 0.3) is 0 Å². The molecule has 6 nitrogen and oxygen atoms in total. The molecule has 0 radical (unpaired) electrons. The molecule has 17 heavy (non-hydrogen) atoms. The minimum Gasteiger partial charge on any atom is -0.481 e. The molecule has 1 aromatic heterocycles. The number of hydrogen-bond donors (Lipinski definition) is 4. The number of rotatable bonds is 5. The third-order valence-electron chi connectivity index (χ3n) is 2.52. The maximum atomic E-state index is 10.4. The van der Waals surface area contributed by atoms with Gasteiger partial charge in [0.05, 0.1) is 26.0 Å². The van der Waals surface area contributed by atoms with Crippen LogP contribution in [-0.4, -0.2) is 34.5 Å². The van der Waals surface area contributed by atoms with Crippen LogP contribution < -0.4 is 5.73 Å². The Morgan fingerprint density at radius 3 is 2.18 bits per heavy atom. The van der Waals surface area contributed by atoms with Crippen molar-refractivity contribution < 1.29 is 24.5 Å². The molecule has 0 aromatic carbocycles. The molecular formula is C11H19NO5. The lowest BCUT2D eigenvalue weighted by molar-refractivity contribution is -0.154. The van der Waals surface area contributed by atoms with Gasteiger partial charge in [-0.15, -0.1) is 0 Å². The Kier molecular flexibility index (Phi) is 7.20. The molecule has 0 spiro atoms. The second kappa shape index (κ2) is 7.83. The minimum atomic E-state index is -1.35. The Bertz CT molecular complexity index is 297. The lowest BCUT2D eigenvalue weighted by atomic mass is 9.87. The predicted octanol–water partition coefficient (Wildman–Crippen LogP) is 0.190. The van der Waals surface area contributed by atoms with Crippen molar-refractivity contribution in [3.63, 3.8) is 0 Å². The van der Waals surface area contributed by atoms with Crippen LogP contribution in [-0.2, 0) is 11.3 Å². The van der Waals surface area contributed by atoms with Crippen molar-refractivity contribution in [3.8, 4) is 0 Å². The molecule has 1 rings (SSSR count). The van der Waals surface area contributed by atoms with E-state index in [9.17, 15) is 4.79 Å². The fraction of sp³-hybridized carbons (Fsp3) is 0.545. The Hall–Kier alpha value is -1.37. The van der Waals surface area contributed by atoms with E-state index >= 15 is 0 Å². The first-order chi connectivity index (χ1) is 8.06. The van der Waals surface area contributed by atoms with E-state index in [0.29, 0.717) is 6.54 Å². The Balaban J connectivity index is 0.000000318. The second-order valence-corrected chi connectivity index (χ2v) is 3.54. The molecule has 0 unspecified atom stereocenters. The van der Waals surface area contributed by atoms with Crippen molar-refractivity contribution in [1.82, 2.24) is 0 Å². The topological polar surface area (TPSA) is 117 Å². The van der Waals surface area contributed by atoms with Crippen molar-refractivity contribution in [2.45, 2.75) is 19.9 Å². The van der Waals surface area contributed by atoms with Gasteiger partial charge in [0.1, 0.15) is 11.2 Å². The molecule has 0 fully saturated rings. The second-order valence-electron chi connectivity index (χ2n) is 3.54. The fourth-order valence-electron chi connectivity index (χ4n) is 0.989. The van der Waals surface area contributed by atoms with Gasteiger partial charge in [0.2, 0.25) is 0 Å². The van der Waals surface area contributed by atoms with Crippen LogP contribution >= 0.6 is 0 Å². The highest BCUT2D eigenvalue weighted by Gasteiger charge is 2.35. The van der Waals surface area contributed by atoms with Gasteiger partial charge in [-0.25, -0.2) is 0 Å². The molecule has 0 atom stereocenters. The largest absolute Gasteiger partial charge is 0.481 e. The van der Waals surface area contributed by atoms with E-state index in [1.807, 2.05) is 12.1 Å². The van der Waals surface area contributed by atoms with E-state index in [0.717, 1.165) is 5.76 Å². The summed E-state index contributed by atoms with van der Waals surface area (Å²) in [6.07, 6.45) is 1.84. The van der Waals surface area contributed by atoms with Crippen molar-refractivity contribution in [1.29, 1.82) is 0 Å². The highest BCUT2D eigenvalue weighted by molar-refractivity contribution is 5.74. The fourth-order valence-corrected chi connectivity index (χ4v) is 0.989. The number of aliphatic hydroxyl groups is 2. The van der Waals surface area contributed by atoms with E-state index in [1.54, 1.807) is 13.2 Å². The summed E-state index contributed by atoms with van der Waals surface area (Å²) < 4.78 is 4.86. The zero-order valence-corrected chi connectivity index (χ0v) is 9.80. The quantitative estimate of drug-likeness (QED) is 0.588. The Morgan fingerprint density at radius 1 is 1.47 bits per heavy atom. The molecule has 0 bridgehead atoms. The highest BCUT2D eigenvalue weighted by Crippen LogP contribution is 2.19. The summed E-state index contributed by atoms with van der Waals surface area (Å²) in [5.41, 5.74) is 3.85. The van der Waals surface area contributed by atoms with Gasteiger partial charge in [-0.1, -0.05) is 6.92 Å². The van der Waals surface area contributed by atoms with Crippen molar-refractivity contribution in [3.05, 3.63) is 24.2 Å². The van der Waals surface area contributed by atoms with Gasteiger partial charge in [-0.2, -0.15) is 0 Å². The van der Waals surface area contributed by atoms with E-state index < -0.39 is 24.6 Å². The first-order valence-corrected chi connectivity index (χ1v) is 5.23. The van der Waals surface area contributed by atoms with Crippen molar-refractivity contribution in [2.24, 2.45) is 11.1 Å². The summed E-state index contributed by atoms with van der Waals surface area (Å²) in [6.45, 7) is 1.07. The number of nitrogens with two attached hydrogens (primary N) is 1. The number of aliphatic hydroxyl groups excluding tert-OH is 2. The first-order valence-electron chi connectivity index (χ1n) is 5.23. The number of carboxylic acid groups (broad SMARTS) is 1. The molecule has 6 heteroatoms. The van der Waals surface area contributed by atoms with E-state index in [2.05, 4.69) is 0 Å². The van der Waals surface area contributed by atoms with Crippen LogP contribution in [0.15, 0.2) is 22.8 Å². The monoisotopic (exact) mass is 245 g/mol. The first kappa shape index (κ1) is 15.6. The van der Waals surface area contributed by atoms with Gasteiger partial charge in [0.25, 0.3) is 0 Å². The third-order valence-corrected chi connectivity index (χ3v) is 2.52. The molecule has 98 valence electrons. The van der Waals surface area contributed by atoms with E-state index in [1.165, 1.54) is 0 Å². The van der Waals surface area contributed by atoms with Crippen LogP contribution in [0.1, 0.15) is 19.1 Å². The molecule has 0 amide bonds. The van der Waals surface area contributed by atoms with Crippen molar-refractivity contribution >= 4 is 5.97 Å². The Labute approximate surface area is 99.7 Å². The lowest BCUT2D eigenvalue weighted by Gasteiger charge is -2.21. The highest BCUT2D eigenvalue weighted by atomic mass is 16.4. The van der Waals surface area contributed by atoms with Crippen LogP contribution in [0.3, 0.4) is 0 Å². The molecule has 1 heterocycles. The minimum absolute atomic E-state index is 0.231. The molecule has 0 aliphatic heterocycles.